The Morgan fingerprint density at radius 3 is 2.09 bits per heavy atom. The van der Waals surface area contributed by atoms with Crippen molar-refractivity contribution in [3.63, 3.8) is 0 Å². The van der Waals surface area contributed by atoms with Crippen LogP contribution in [0.25, 0.3) is 11.4 Å². The molecular weight excluding hydrogens is 767 g/mol. The summed E-state index contributed by atoms with van der Waals surface area (Å²) in [6.07, 6.45) is -2.73. The largest absolute Gasteiger partial charge is 0.518 e. The second-order valence-corrected chi connectivity index (χ2v) is 14.9. The van der Waals surface area contributed by atoms with E-state index in [1.165, 1.54) is 15.9 Å². The fourth-order valence-electron chi connectivity index (χ4n) is 5.65. The number of carbonyl (C=O) groups excluding carboxylic acids is 5. The first kappa shape index (κ1) is 44.6. The normalized spacial score (nSPS) is 16.3. The van der Waals surface area contributed by atoms with Crippen molar-refractivity contribution in [3.05, 3.63) is 42.1 Å². The average molecular weight is 820 g/mol. The summed E-state index contributed by atoms with van der Waals surface area (Å²) in [5.74, 6) is -0.710. The molecular formula is C37H52N6O13P+. The molecule has 312 valence electrons. The summed E-state index contributed by atoms with van der Waals surface area (Å²) in [7, 11) is -1.39. The van der Waals surface area contributed by atoms with Crippen LogP contribution in [0.4, 0.5) is 20.2 Å². The first-order valence-corrected chi connectivity index (χ1v) is 20.2. The van der Waals surface area contributed by atoms with Crippen LogP contribution in [0.3, 0.4) is 0 Å². The van der Waals surface area contributed by atoms with Crippen LogP contribution in [0.2, 0.25) is 0 Å². The summed E-state index contributed by atoms with van der Waals surface area (Å²) in [6.45, 7) is 7.82. The number of nitrogens with one attached hydrogen (secondary N) is 1. The van der Waals surface area contributed by atoms with Gasteiger partial charge in [-0.1, -0.05) is 48.2 Å². The van der Waals surface area contributed by atoms with Gasteiger partial charge in [-0.2, -0.15) is 0 Å². The monoisotopic (exact) mass is 819 g/mol. The molecule has 0 radical (unpaired) electrons. The highest BCUT2D eigenvalue weighted by Gasteiger charge is 2.41. The van der Waals surface area contributed by atoms with E-state index in [-0.39, 0.29) is 50.4 Å². The van der Waals surface area contributed by atoms with Crippen molar-refractivity contribution < 1.29 is 61.5 Å². The van der Waals surface area contributed by atoms with Crippen LogP contribution in [-0.2, 0) is 42.3 Å². The van der Waals surface area contributed by atoms with Crippen LogP contribution >= 0.6 is 8.03 Å². The van der Waals surface area contributed by atoms with Crippen molar-refractivity contribution in [2.24, 2.45) is 0 Å². The Morgan fingerprint density at radius 2 is 1.51 bits per heavy atom. The molecule has 2 fully saturated rings. The quantitative estimate of drug-likeness (QED) is 0.0752. The number of anilines is 1. The Kier molecular flexibility index (Phi) is 17.2. The molecule has 0 bridgehead atoms. The number of hydrogen-bond donors (Lipinski definition) is 1. The molecule has 19 nitrogen and oxygen atoms in total. The predicted octanol–water partition coefficient (Wildman–Crippen LogP) is 4.71. The summed E-state index contributed by atoms with van der Waals surface area (Å²) >= 11 is 0. The number of unbranched alkanes of at least 4 members (excludes halogenated alkanes) is 1. The average Bonchev–Trinajstić information content (AvgIpc) is 3.66. The third kappa shape index (κ3) is 14.1. The molecule has 1 N–H and O–H groups in total. The fourth-order valence-corrected chi connectivity index (χ4v) is 6.56. The van der Waals surface area contributed by atoms with E-state index < -0.39 is 69.1 Å². The molecule has 4 rings (SSSR count). The number of aromatic nitrogens is 2. The van der Waals surface area contributed by atoms with Gasteiger partial charge in [-0.25, -0.2) is 24.4 Å². The number of piperazine rings is 1. The molecule has 2 saturated heterocycles. The van der Waals surface area contributed by atoms with Crippen LogP contribution in [0, 0.1) is 0 Å². The molecule has 0 saturated carbocycles. The Bertz CT molecular complexity index is 1670. The highest BCUT2D eigenvalue weighted by molar-refractivity contribution is 7.39. The topological polar surface area (TPSA) is 215 Å². The number of rotatable bonds is 17. The fraction of sp³-hybridized carbons (Fsp3) is 0.595. The Labute approximate surface area is 332 Å². The number of methoxy groups -OCH3 is 1. The van der Waals surface area contributed by atoms with Crippen LogP contribution in [0.15, 0.2) is 36.4 Å². The molecule has 2 aliphatic heterocycles. The van der Waals surface area contributed by atoms with Crippen LogP contribution in [0.1, 0.15) is 64.4 Å². The number of nitrogens with zero attached hydrogens (tertiary/aromatic N) is 5. The van der Waals surface area contributed by atoms with Crippen molar-refractivity contribution in [1.82, 2.24) is 25.1 Å². The second kappa shape index (κ2) is 22.0. The molecule has 1 aromatic heterocycles. The molecule has 2 aromatic rings. The molecule has 1 aromatic carbocycles. The van der Waals surface area contributed by atoms with E-state index >= 15 is 0 Å². The molecule has 3 heterocycles. The molecule has 57 heavy (non-hydrogen) atoms. The summed E-state index contributed by atoms with van der Waals surface area (Å²) < 4.78 is 49.5. The minimum Gasteiger partial charge on any atom is -0.449 e. The van der Waals surface area contributed by atoms with Gasteiger partial charge in [0, 0.05) is 58.0 Å². The van der Waals surface area contributed by atoms with E-state index in [2.05, 4.69) is 10.3 Å². The molecule has 0 spiro atoms. The molecule has 0 aliphatic carbocycles. The van der Waals surface area contributed by atoms with Crippen molar-refractivity contribution >= 4 is 44.1 Å². The first-order chi connectivity index (χ1) is 27.3. The molecule has 3 unspecified atom stereocenters. The van der Waals surface area contributed by atoms with Gasteiger partial charge in [0.1, 0.15) is 11.5 Å². The summed E-state index contributed by atoms with van der Waals surface area (Å²) in [4.78, 5) is 79.5. The van der Waals surface area contributed by atoms with Gasteiger partial charge in [0.25, 0.3) is 5.91 Å². The maximum absolute atomic E-state index is 14.1. The first-order valence-electron chi connectivity index (χ1n) is 18.9. The van der Waals surface area contributed by atoms with Gasteiger partial charge in [0.2, 0.25) is 12.1 Å². The Hall–Kier alpha value is -5.13. The highest BCUT2D eigenvalue weighted by atomic mass is 31.1. The van der Waals surface area contributed by atoms with E-state index in [1.807, 2.05) is 30.0 Å². The predicted molar refractivity (Wildman–Crippen MR) is 204 cm³/mol. The van der Waals surface area contributed by atoms with Gasteiger partial charge in [0.15, 0.2) is 11.9 Å². The SMILES string of the molecule is CCCCOC(=O)N1CCN(C(=O)C(C[P+](=O)OC(OC(=O)OC(C)C)OC(=O)OC(C)C)NC(=O)c2cc(N3CCC(OC)C3)nc(-c3ccccc3)n2)CC1. The summed E-state index contributed by atoms with van der Waals surface area (Å²) in [6, 6.07) is 9.04. The van der Waals surface area contributed by atoms with Gasteiger partial charge in [-0.05, 0) is 45.1 Å². The van der Waals surface area contributed by atoms with E-state index in [0.29, 0.717) is 30.9 Å². The number of hydrogen-bond acceptors (Lipinski definition) is 16. The van der Waals surface area contributed by atoms with Crippen molar-refractivity contribution in [1.29, 1.82) is 0 Å². The lowest BCUT2D eigenvalue weighted by Gasteiger charge is -2.35. The van der Waals surface area contributed by atoms with Crippen molar-refractivity contribution in [2.75, 3.05) is 64.0 Å². The van der Waals surface area contributed by atoms with Gasteiger partial charge in [0.05, 0.1) is 24.9 Å². The van der Waals surface area contributed by atoms with E-state index in [0.717, 1.165) is 12.8 Å². The second-order valence-electron chi connectivity index (χ2n) is 13.7. The third-order valence-electron chi connectivity index (χ3n) is 8.54. The zero-order chi connectivity index (χ0) is 41.5. The number of amides is 3. The zero-order valence-electron chi connectivity index (χ0n) is 33.1. The van der Waals surface area contributed by atoms with Crippen molar-refractivity contribution in [3.8, 4) is 11.4 Å². The van der Waals surface area contributed by atoms with Crippen LogP contribution in [-0.4, -0.2) is 140 Å². The van der Waals surface area contributed by atoms with E-state index in [1.54, 1.807) is 46.9 Å². The van der Waals surface area contributed by atoms with E-state index in [9.17, 15) is 28.5 Å². The molecule has 3 atom stereocenters. The van der Waals surface area contributed by atoms with Gasteiger partial charge in [-0.15, -0.1) is 0 Å². The summed E-state index contributed by atoms with van der Waals surface area (Å²) in [5, 5.41) is 2.66. The summed E-state index contributed by atoms with van der Waals surface area (Å²) in [5.41, 5.74) is 0.565. The standard InChI is InChI=1S/C37H51N6O13P/c1-7-8-20-51-34(46)42-18-16-41(17-19-42)33(45)29(23-57(49)56-37(54-35(47)52-24(2)3)55-36(48)53-25(4)5)39-32(44)28-21-30(43-15-14-27(22-43)50-6)40-31(38-28)26-12-10-9-11-13-26/h9-13,21,24-25,27,29,37H,7-8,14-20,22-23H2,1-6H3/p+1. The Morgan fingerprint density at radius 1 is 0.877 bits per heavy atom. The van der Waals surface area contributed by atoms with Gasteiger partial charge in [-0.3, -0.25) is 9.59 Å². The molecule has 3 amide bonds. The lowest BCUT2D eigenvalue weighted by Crippen LogP contribution is -2.56. The zero-order valence-corrected chi connectivity index (χ0v) is 34.0. The molecule has 2 aliphatic rings. The molecule has 20 heteroatoms. The number of benzene rings is 1. The van der Waals surface area contributed by atoms with Crippen molar-refractivity contribution in [2.45, 2.75) is 84.7 Å². The Balaban J connectivity index is 1.59. The third-order valence-corrected chi connectivity index (χ3v) is 9.61. The van der Waals surface area contributed by atoms with Gasteiger partial charge < -0.3 is 48.4 Å². The lowest BCUT2D eigenvalue weighted by molar-refractivity contribution is -0.203. The lowest BCUT2D eigenvalue weighted by atomic mass is 10.2. The number of carbonyl (C=O) groups is 5. The minimum absolute atomic E-state index is 0.0365. The highest BCUT2D eigenvalue weighted by Crippen LogP contribution is 2.29. The number of ether oxygens (including phenoxy) is 6. The van der Waals surface area contributed by atoms with Gasteiger partial charge >= 0.3 is 32.9 Å². The van der Waals surface area contributed by atoms with E-state index in [4.69, 9.17) is 37.9 Å². The van der Waals surface area contributed by atoms with Crippen LogP contribution < -0.4 is 10.2 Å². The maximum Gasteiger partial charge on any atom is 0.518 e. The smallest absolute Gasteiger partial charge is 0.449 e. The minimum atomic E-state index is -3.02. The van der Waals surface area contributed by atoms with Crippen LogP contribution in [0.5, 0.6) is 0 Å². The maximum atomic E-state index is 14.1.